The van der Waals surface area contributed by atoms with Crippen molar-refractivity contribution in [2.24, 2.45) is 5.92 Å². The summed E-state index contributed by atoms with van der Waals surface area (Å²) in [4.78, 5) is 0. The second-order valence-electron chi connectivity index (χ2n) is 8.13. The Bertz CT molecular complexity index is 1070. The molecule has 0 amide bonds. The third-order valence-corrected chi connectivity index (χ3v) is 6.17. The zero-order valence-corrected chi connectivity index (χ0v) is 17.1. The van der Waals surface area contributed by atoms with Crippen molar-refractivity contribution in [1.29, 1.82) is 0 Å². The van der Waals surface area contributed by atoms with Gasteiger partial charge in [0.25, 0.3) is 0 Å². The molecular formula is C25H23F5O. The van der Waals surface area contributed by atoms with Crippen LogP contribution in [0.15, 0.2) is 48.5 Å². The second-order valence-corrected chi connectivity index (χ2v) is 8.13. The maximum Gasteiger partial charge on any atom is 0.573 e. The Morgan fingerprint density at radius 1 is 1.00 bits per heavy atom. The molecule has 1 aliphatic rings. The molecule has 2 atom stereocenters. The predicted octanol–water partition coefficient (Wildman–Crippen LogP) is 7.90. The van der Waals surface area contributed by atoms with E-state index in [-0.39, 0.29) is 11.8 Å². The standard InChI is InChI=1S/C25H23F5O/c1-2-3-6-16-10-11-19-18-8-5-4-7-15(18)9-12-20(19)23(16)17-13-21(26)24(22(27)14-17)31-25(28,29)30/h4-5,7-9,12-14,16,23H,2-3,6,10-11H2,1H3/t16-,23-/m1/s1. The van der Waals surface area contributed by atoms with Gasteiger partial charge in [-0.25, -0.2) is 8.78 Å². The van der Waals surface area contributed by atoms with Crippen LogP contribution in [0.25, 0.3) is 10.8 Å². The lowest BCUT2D eigenvalue weighted by molar-refractivity contribution is -0.276. The summed E-state index contributed by atoms with van der Waals surface area (Å²) in [6.07, 6.45) is -0.586. The highest BCUT2D eigenvalue weighted by atomic mass is 19.4. The summed E-state index contributed by atoms with van der Waals surface area (Å²) in [7, 11) is 0. The molecule has 1 aliphatic carbocycles. The minimum atomic E-state index is -5.16. The largest absolute Gasteiger partial charge is 0.573 e. The number of hydrogen-bond acceptors (Lipinski definition) is 1. The molecule has 0 bridgehead atoms. The van der Waals surface area contributed by atoms with Crippen molar-refractivity contribution >= 4 is 10.8 Å². The van der Waals surface area contributed by atoms with Gasteiger partial charge in [-0.1, -0.05) is 56.2 Å². The smallest absolute Gasteiger partial charge is 0.399 e. The number of aryl methyl sites for hydroxylation is 1. The zero-order chi connectivity index (χ0) is 22.2. The number of unbranched alkanes of at least 4 members (excludes halogenated alkanes) is 1. The topological polar surface area (TPSA) is 9.23 Å². The minimum Gasteiger partial charge on any atom is -0.399 e. The molecule has 4 rings (SSSR count). The van der Waals surface area contributed by atoms with Gasteiger partial charge in [0.15, 0.2) is 11.6 Å². The molecule has 0 aliphatic heterocycles. The van der Waals surface area contributed by atoms with Crippen LogP contribution in [0.5, 0.6) is 5.75 Å². The highest BCUT2D eigenvalue weighted by Gasteiger charge is 2.36. The number of fused-ring (bicyclic) bond motifs is 3. The normalized spacial score (nSPS) is 18.8. The van der Waals surface area contributed by atoms with Crippen LogP contribution in [0.1, 0.15) is 55.2 Å². The number of halogens is 5. The van der Waals surface area contributed by atoms with Crippen LogP contribution in [0.2, 0.25) is 0 Å². The second kappa shape index (κ2) is 8.48. The quantitative estimate of drug-likeness (QED) is 0.371. The van der Waals surface area contributed by atoms with Crippen LogP contribution < -0.4 is 4.74 Å². The Morgan fingerprint density at radius 2 is 1.71 bits per heavy atom. The van der Waals surface area contributed by atoms with E-state index in [4.69, 9.17) is 0 Å². The molecule has 0 saturated carbocycles. The number of alkyl halides is 3. The van der Waals surface area contributed by atoms with E-state index in [1.807, 2.05) is 36.4 Å². The fourth-order valence-corrected chi connectivity index (χ4v) is 4.87. The number of benzene rings is 3. The summed E-state index contributed by atoms with van der Waals surface area (Å²) >= 11 is 0. The third kappa shape index (κ3) is 4.39. The van der Waals surface area contributed by atoms with Gasteiger partial charge in [0.05, 0.1) is 0 Å². The van der Waals surface area contributed by atoms with E-state index in [2.05, 4.69) is 11.7 Å². The number of rotatable bonds is 5. The summed E-state index contributed by atoms with van der Waals surface area (Å²) < 4.78 is 70.3. The predicted molar refractivity (Wildman–Crippen MR) is 110 cm³/mol. The van der Waals surface area contributed by atoms with Crippen LogP contribution in [0.3, 0.4) is 0 Å². The van der Waals surface area contributed by atoms with Crippen molar-refractivity contribution in [3.8, 4) is 5.75 Å². The Hall–Kier alpha value is -2.63. The van der Waals surface area contributed by atoms with Crippen molar-refractivity contribution in [1.82, 2.24) is 0 Å². The summed E-state index contributed by atoms with van der Waals surface area (Å²) in [6, 6.07) is 14.0. The molecule has 0 unspecified atom stereocenters. The third-order valence-electron chi connectivity index (χ3n) is 6.17. The van der Waals surface area contributed by atoms with Gasteiger partial charge in [-0.2, -0.15) is 0 Å². The number of hydrogen-bond donors (Lipinski definition) is 0. The van der Waals surface area contributed by atoms with Crippen LogP contribution in [0.4, 0.5) is 22.0 Å². The van der Waals surface area contributed by atoms with E-state index in [0.29, 0.717) is 5.56 Å². The average Bonchev–Trinajstić information content (AvgIpc) is 2.73. The molecule has 0 saturated heterocycles. The lowest BCUT2D eigenvalue weighted by atomic mass is 9.69. The maximum atomic E-state index is 14.5. The van der Waals surface area contributed by atoms with E-state index in [1.165, 1.54) is 0 Å². The molecule has 3 aromatic rings. The molecular weight excluding hydrogens is 411 g/mol. The van der Waals surface area contributed by atoms with Gasteiger partial charge in [0.2, 0.25) is 5.75 Å². The lowest BCUT2D eigenvalue weighted by Gasteiger charge is -2.35. The fourth-order valence-electron chi connectivity index (χ4n) is 4.87. The van der Waals surface area contributed by atoms with E-state index < -0.39 is 23.7 Å². The van der Waals surface area contributed by atoms with Crippen molar-refractivity contribution in [3.05, 3.63) is 76.9 Å². The zero-order valence-electron chi connectivity index (χ0n) is 17.1. The summed E-state index contributed by atoms with van der Waals surface area (Å²) in [5, 5.41) is 2.20. The van der Waals surface area contributed by atoms with Crippen molar-refractivity contribution in [2.75, 3.05) is 0 Å². The molecule has 0 heterocycles. The molecule has 1 nitrogen and oxygen atoms in total. The van der Waals surface area contributed by atoms with Gasteiger partial charge in [0.1, 0.15) is 0 Å². The van der Waals surface area contributed by atoms with Crippen molar-refractivity contribution in [3.63, 3.8) is 0 Å². The van der Waals surface area contributed by atoms with Crippen LogP contribution in [0, 0.1) is 17.6 Å². The average molecular weight is 434 g/mol. The highest BCUT2D eigenvalue weighted by Crippen LogP contribution is 2.46. The monoisotopic (exact) mass is 434 g/mol. The molecule has 0 N–H and O–H groups in total. The van der Waals surface area contributed by atoms with E-state index in [0.717, 1.165) is 66.1 Å². The first-order valence-electron chi connectivity index (χ1n) is 10.5. The van der Waals surface area contributed by atoms with Gasteiger partial charge in [-0.05, 0) is 64.8 Å². The van der Waals surface area contributed by atoms with Crippen molar-refractivity contribution < 1.29 is 26.7 Å². The molecule has 3 aromatic carbocycles. The molecule has 0 spiro atoms. The Labute approximate surface area is 177 Å². The Kier molecular flexibility index (Phi) is 5.91. The van der Waals surface area contributed by atoms with Crippen molar-refractivity contribution in [2.45, 2.75) is 51.3 Å². The highest BCUT2D eigenvalue weighted by molar-refractivity contribution is 5.87. The first kappa shape index (κ1) is 21.6. The van der Waals surface area contributed by atoms with Gasteiger partial charge in [-0.3, -0.25) is 0 Å². The summed E-state index contributed by atoms with van der Waals surface area (Å²) in [6.45, 7) is 2.09. The van der Waals surface area contributed by atoms with Gasteiger partial charge in [-0.15, -0.1) is 13.2 Å². The van der Waals surface area contributed by atoms with Gasteiger partial charge >= 0.3 is 6.36 Å². The fraction of sp³-hybridized carbons (Fsp3) is 0.360. The molecule has 0 aromatic heterocycles. The van der Waals surface area contributed by atoms with Crippen LogP contribution in [-0.2, 0) is 6.42 Å². The lowest BCUT2D eigenvalue weighted by Crippen LogP contribution is -2.23. The van der Waals surface area contributed by atoms with E-state index in [9.17, 15) is 22.0 Å². The van der Waals surface area contributed by atoms with Gasteiger partial charge in [0, 0.05) is 5.92 Å². The van der Waals surface area contributed by atoms with Crippen LogP contribution >= 0.6 is 0 Å². The maximum absolute atomic E-state index is 14.5. The van der Waals surface area contributed by atoms with E-state index >= 15 is 0 Å². The first-order valence-corrected chi connectivity index (χ1v) is 10.5. The SMILES string of the molecule is CCCC[C@@H]1CCc2c(ccc3ccccc23)[C@H]1c1cc(F)c(OC(F)(F)F)c(F)c1. The summed E-state index contributed by atoms with van der Waals surface area (Å²) in [5.74, 6) is -4.22. The molecule has 31 heavy (non-hydrogen) atoms. The van der Waals surface area contributed by atoms with E-state index in [1.54, 1.807) is 0 Å². The first-order chi connectivity index (χ1) is 14.8. The molecule has 6 heteroatoms. The van der Waals surface area contributed by atoms with Gasteiger partial charge < -0.3 is 4.74 Å². The number of ether oxygens (including phenoxy) is 1. The molecule has 0 radical (unpaired) electrons. The Morgan fingerprint density at radius 3 is 2.39 bits per heavy atom. The molecule has 164 valence electrons. The van der Waals surface area contributed by atoms with Crippen LogP contribution in [-0.4, -0.2) is 6.36 Å². The Balaban J connectivity index is 1.83. The summed E-state index contributed by atoms with van der Waals surface area (Å²) in [5.41, 5.74) is 2.49. The molecule has 0 fully saturated rings. The minimum absolute atomic E-state index is 0.154.